The first kappa shape index (κ1) is 11.3. The van der Waals surface area contributed by atoms with E-state index in [1.807, 2.05) is 0 Å². The van der Waals surface area contributed by atoms with Crippen LogP contribution in [0.4, 0.5) is 13.2 Å². The molecular formula is C12H9F3N2O. The third-order valence-corrected chi connectivity index (χ3v) is 3.07. The van der Waals surface area contributed by atoms with Crippen LogP contribution in [0.2, 0.25) is 0 Å². The molecule has 1 saturated carbocycles. The number of nitrogens with zero attached hydrogens (tertiary/aromatic N) is 1. The second-order valence-corrected chi connectivity index (χ2v) is 4.43. The van der Waals surface area contributed by atoms with Gasteiger partial charge >= 0.3 is 11.9 Å². The Morgan fingerprint density at radius 2 is 2.00 bits per heavy atom. The number of hydrogen-bond donors (Lipinski definition) is 1. The number of alkyl halides is 3. The Balaban J connectivity index is 2.38. The number of H-pyrrole nitrogens is 1. The van der Waals surface area contributed by atoms with Crippen LogP contribution in [0.3, 0.4) is 0 Å². The second kappa shape index (κ2) is 3.57. The highest BCUT2D eigenvalue weighted by Crippen LogP contribution is 2.42. The summed E-state index contributed by atoms with van der Waals surface area (Å²) in [4.78, 5) is 17.4. The number of para-hydroxylation sites is 1. The monoisotopic (exact) mass is 254 g/mol. The number of aromatic amines is 1. The average Bonchev–Trinajstić information content (AvgIpc) is 3.09. The van der Waals surface area contributed by atoms with Gasteiger partial charge in [0.15, 0.2) is 0 Å². The van der Waals surface area contributed by atoms with Crippen molar-refractivity contribution in [2.24, 2.45) is 0 Å². The minimum atomic E-state index is -4.50. The summed E-state index contributed by atoms with van der Waals surface area (Å²) in [5, 5.41) is 0.395. The smallest absolute Gasteiger partial charge is 0.309 e. The topological polar surface area (TPSA) is 45.8 Å². The van der Waals surface area contributed by atoms with Crippen LogP contribution in [0.1, 0.15) is 30.0 Å². The van der Waals surface area contributed by atoms with Crippen molar-refractivity contribution in [3.05, 3.63) is 39.9 Å². The quantitative estimate of drug-likeness (QED) is 0.850. The highest BCUT2D eigenvalue weighted by molar-refractivity contribution is 5.84. The van der Waals surface area contributed by atoms with Crippen LogP contribution in [0.25, 0.3) is 10.9 Å². The molecule has 1 aromatic heterocycles. The normalized spacial score (nSPS) is 16.2. The Morgan fingerprint density at radius 3 is 2.61 bits per heavy atom. The number of rotatable bonds is 1. The van der Waals surface area contributed by atoms with Gasteiger partial charge in [0.05, 0.1) is 11.1 Å². The molecular weight excluding hydrogens is 245 g/mol. The zero-order chi connectivity index (χ0) is 12.9. The predicted octanol–water partition coefficient (Wildman–Crippen LogP) is 2.82. The molecule has 1 fully saturated rings. The second-order valence-electron chi connectivity index (χ2n) is 4.43. The summed E-state index contributed by atoms with van der Waals surface area (Å²) in [7, 11) is 0. The van der Waals surface area contributed by atoms with Crippen LogP contribution < -0.4 is 5.69 Å². The maximum atomic E-state index is 12.8. The minimum absolute atomic E-state index is 0.159. The minimum Gasteiger partial charge on any atom is -0.309 e. The van der Waals surface area contributed by atoms with Gasteiger partial charge in [-0.2, -0.15) is 18.2 Å². The summed E-state index contributed by atoms with van der Waals surface area (Å²) in [5.41, 5.74) is -1.25. The molecule has 1 aromatic carbocycles. The molecule has 6 heteroatoms. The summed E-state index contributed by atoms with van der Waals surface area (Å²) >= 11 is 0. The average molecular weight is 254 g/mol. The molecule has 1 aliphatic rings. The number of halogens is 3. The summed E-state index contributed by atoms with van der Waals surface area (Å²) in [5.74, 6) is 0.159. The Kier molecular flexibility index (Phi) is 2.23. The largest absolute Gasteiger partial charge is 0.418 e. The molecule has 0 aliphatic heterocycles. The lowest BCUT2D eigenvalue weighted by Gasteiger charge is -2.11. The van der Waals surface area contributed by atoms with Gasteiger partial charge in [-0.15, -0.1) is 0 Å². The standard InChI is InChI=1S/C12H9F3N2O/c13-12(14,15)8-3-1-2-7-9(6-4-5-6)16-11(18)17-10(7)8/h1-3,6H,4-5H2,(H,16,17,18). The van der Waals surface area contributed by atoms with Crippen molar-refractivity contribution in [3.63, 3.8) is 0 Å². The van der Waals surface area contributed by atoms with E-state index in [0.717, 1.165) is 18.9 Å². The van der Waals surface area contributed by atoms with Crippen LogP contribution >= 0.6 is 0 Å². The van der Waals surface area contributed by atoms with Gasteiger partial charge in [-0.05, 0) is 24.8 Å². The fourth-order valence-electron chi connectivity index (χ4n) is 2.12. The molecule has 0 amide bonds. The van der Waals surface area contributed by atoms with E-state index in [0.29, 0.717) is 11.1 Å². The molecule has 94 valence electrons. The fraction of sp³-hybridized carbons (Fsp3) is 0.333. The molecule has 1 N–H and O–H groups in total. The first-order chi connectivity index (χ1) is 8.47. The Hall–Kier alpha value is -1.85. The fourth-order valence-corrected chi connectivity index (χ4v) is 2.12. The maximum Gasteiger partial charge on any atom is 0.418 e. The molecule has 3 nitrogen and oxygen atoms in total. The number of benzene rings is 1. The SMILES string of the molecule is O=c1nc2c(C(F)(F)F)cccc2c(C2CC2)[nH]1. The molecule has 0 atom stereocenters. The molecule has 0 unspecified atom stereocenters. The Bertz CT molecular complexity index is 671. The molecule has 18 heavy (non-hydrogen) atoms. The van der Waals surface area contributed by atoms with E-state index in [1.54, 1.807) is 6.07 Å². The van der Waals surface area contributed by atoms with Crippen molar-refractivity contribution >= 4 is 10.9 Å². The zero-order valence-electron chi connectivity index (χ0n) is 9.21. The zero-order valence-corrected chi connectivity index (χ0v) is 9.21. The first-order valence-corrected chi connectivity index (χ1v) is 5.57. The molecule has 1 aliphatic carbocycles. The van der Waals surface area contributed by atoms with E-state index >= 15 is 0 Å². The van der Waals surface area contributed by atoms with Gasteiger partial charge in [0.25, 0.3) is 0 Å². The number of fused-ring (bicyclic) bond motifs is 1. The van der Waals surface area contributed by atoms with Crippen LogP contribution in [0, 0.1) is 0 Å². The molecule has 3 rings (SSSR count). The highest BCUT2D eigenvalue weighted by Gasteiger charge is 2.35. The van der Waals surface area contributed by atoms with Gasteiger partial charge in [-0.25, -0.2) is 4.79 Å². The van der Waals surface area contributed by atoms with Gasteiger partial charge in [-0.3, -0.25) is 0 Å². The van der Waals surface area contributed by atoms with Crippen LogP contribution in [-0.2, 0) is 6.18 Å². The van der Waals surface area contributed by atoms with Crippen molar-refractivity contribution in [2.45, 2.75) is 24.9 Å². The Morgan fingerprint density at radius 1 is 1.28 bits per heavy atom. The summed E-state index contributed by atoms with van der Waals surface area (Å²) in [6.45, 7) is 0. The van der Waals surface area contributed by atoms with Gasteiger partial charge in [-0.1, -0.05) is 12.1 Å². The van der Waals surface area contributed by atoms with Gasteiger partial charge in [0, 0.05) is 11.1 Å². The highest BCUT2D eigenvalue weighted by atomic mass is 19.4. The summed E-state index contributed by atoms with van der Waals surface area (Å²) in [6.07, 6.45) is -2.71. The lowest BCUT2D eigenvalue weighted by Crippen LogP contribution is -2.16. The molecule has 2 aromatic rings. The van der Waals surface area contributed by atoms with Crippen LogP contribution in [0.5, 0.6) is 0 Å². The van der Waals surface area contributed by atoms with Crippen molar-refractivity contribution in [1.82, 2.24) is 9.97 Å². The lowest BCUT2D eigenvalue weighted by atomic mass is 10.1. The van der Waals surface area contributed by atoms with Crippen molar-refractivity contribution < 1.29 is 13.2 Å². The van der Waals surface area contributed by atoms with Crippen LogP contribution in [-0.4, -0.2) is 9.97 Å². The number of aromatic nitrogens is 2. The third kappa shape index (κ3) is 1.77. The lowest BCUT2D eigenvalue weighted by molar-refractivity contribution is -0.136. The number of hydrogen-bond acceptors (Lipinski definition) is 2. The molecule has 1 heterocycles. The molecule has 0 spiro atoms. The van der Waals surface area contributed by atoms with Gasteiger partial charge in [0.1, 0.15) is 0 Å². The summed E-state index contributed by atoms with van der Waals surface area (Å²) in [6, 6.07) is 3.86. The van der Waals surface area contributed by atoms with E-state index in [9.17, 15) is 18.0 Å². The van der Waals surface area contributed by atoms with E-state index < -0.39 is 17.4 Å². The van der Waals surface area contributed by atoms with Crippen molar-refractivity contribution in [1.29, 1.82) is 0 Å². The van der Waals surface area contributed by atoms with Crippen molar-refractivity contribution in [3.8, 4) is 0 Å². The van der Waals surface area contributed by atoms with E-state index in [1.165, 1.54) is 6.07 Å². The van der Waals surface area contributed by atoms with E-state index in [4.69, 9.17) is 0 Å². The van der Waals surface area contributed by atoms with Crippen molar-refractivity contribution in [2.75, 3.05) is 0 Å². The van der Waals surface area contributed by atoms with E-state index in [2.05, 4.69) is 9.97 Å². The predicted molar refractivity (Wildman–Crippen MR) is 59.3 cm³/mol. The molecule has 0 saturated heterocycles. The molecule has 0 bridgehead atoms. The van der Waals surface area contributed by atoms with Gasteiger partial charge in [0.2, 0.25) is 0 Å². The maximum absolute atomic E-state index is 12.8. The third-order valence-electron chi connectivity index (χ3n) is 3.07. The molecule has 0 radical (unpaired) electrons. The summed E-state index contributed by atoms with van der Waals surface area (Å²) < 4.78 is 38.5. The first-order valence-electron chi connectivity index (χ1n) is 5.57. The van der Waals surface area contributed by atoms with Crippen LogP contribution in [0.15, 0.2) is 23.0 Å². The number of nitrogens with one attached hydrogen (secondary N) is 1. The Labute approximate surface area is 99.7 Å². The van der Waals surface area contributed by atoms with Gasteiger partial charge < -0.3 is 4.98 Å². The van der Waals surface area contributed by atoms with E-state index in [-0.39, 0.29) is 11.4 Å².